The van der Waals surface area contributed by atoms with Gasteiger partial charge in [-0.05, 0) is 32.0 Å². The highest BCUT2D eigenvalue weighted by atomic mass is 19.1. The normalized spacial score (nSPS) is 12.3. The number of halogens is 1. The Morgan fingerprint density at radius 2 is 2.15 bits per heavy atom. The van der Waals surface area contributed by atoms with Gasteiger partial charge in [-0.1, -0.05) is 17.3 Å². The molecule has 8 heteroatoms. The summed E-state index contributed by atoms with van der Waals surface area (Å²) in [6.07, 6.45) is 3.35. The van der Waals surface area contributed by atoms with Crippen molar-refractivity contribution in [2.24, 2.45) is 0 Å². The van der Waals surface area contributed by atoms with Crippen molar-refractivity contribution in [1.82, 2.24) is 25.7 Å². The minimum Gasteiger partial charge on any atom is -0.345 e. The Bertz CT molecular complexity index is 1120. The fourth-order valence-electron chi connectivity index (χ4n) is 2.94. The number of fused-ring (bicyclic) bond motifs is 1. The van der Waals surface area contributed by atoms with Crippen LogP contribution < -0.4 is 5.32 Å². The molecule has 0 fully saturated rings. The summed E-state index contributed by atoms with van der Waals surface area (Å²) in [7, 11) is 0. The lowest BCUT2D eigenvalue weighted by molar-refractivity contribution is 0.0941. The monoisotopic (exact) mass is 365 g/mol. The average Bonchev–Trinajstić information content (AvgIpc) is 3.32. The van der Waals surface area contributed by atoms with E-state index in [4.69, 9.17) is 4.52 Å². The van der Waals surface area contributed by atoms with Gasteiger partial charge in [-0.2, -0.15) is 5.10 Å². The van der Waals surface area contributed by atoms with Crippen LogP contribution in [-0.4, -0.2) is 26.2 Å². The van der Waals surface area contributed by atoms with Crippen molar-refractivity contribution < 1.29 is 13.7 Å². The van der Waals surface area contributed by atoms with Gasteiger partial charge in [0.25, 0.3) is 11.6 Å². The zero-order chi connectivity index (χ0) is 19.0. The average molecular weight is 365 g/mol. The van der Waals surface area contributed by atoms with Gasteiger partial charge in [0.05, 0.1) is 34.6 Å². The van der Waals surface area contributed by atoms with Gasteiger partial charge in [-0.25, -0.2) is 9.37 Å². The molecule has 0 bridgehead atoms. The van der Waals surface area contributed by atoms with Gasteiger partial charge >= 0.3 is 0 Å². The lowest BCUT2D eigenvalue weighted by Gasteiger charge is -2.13. The first kappa shape index (κ1) is 16.9. The molecule has 136 valence electrons. The van der Waals surface area contributed by atoms with E-state index in [9.17, 15) is 9.18 Å². The minimum absolute atomic E-state index is 0.189. The Kier molecular flexibility index (Phi) is 4.15. The molecule has 7 nitrogen and oxygen atoms in total. The van der Waals surface area contributed by atoms with Gasteiger partial charge in [0.2, 0.25) is 0 Å². The van der Waals surface area contributed by atoms with E-state index < -0.39 is 5.82 Å². The Morgan fingerprint density at radius 3 is 2.89 bits per heavy atom. The van der Waals surface area contributed by atoms with E-state index in [0.29, 0.717) is 22.3 Å². The fourth-order valence-corrected chi connectivity index (χ4v) is 2.94. The van der Waals surface area contributed by atoms with Crippen LogP contribution in [0.5, 0.6) is 0 Å². The summed E-state index contributed by atoms with van der Waals surface area (Å²) < 4.78 is 19.5. The molecule has 3 aromatic heterocycles. The summed E-state index contributed by atoms with van der Waals surface area (Å²) in [5.41, 5.74) is 2.48. The van der Waals surface area contributed by atoms with Crippen LogP contribution in [0.3, 0.4) is 0 Å². The van der Waals surface area contributed by atoms with Gasteiger partial charge in [0, 0.05) is 17.3 Å². The first-order valence-corrected chi connectivity index (χ1v) is 8.36. The Hall–Kier alpha value is -3.55. The van der Waals surface area contributed by atoms with Crippen LogP contribution in [0, 0.1) is 12.7 Å². The summed E-state index contributed by atoms with van der Waals surface area (Å²) in [6, 6.07) is 7.53. The number of amides is 1. The van der Waals surface area contributed by atoms with Gasteiger partial charge < -0.3 is 9.84 Å². The number of hydrogen-bond acceptors (Lipinski definition) is 5. The van der Waals surface area contributed by atoms with Crippen LogP contribution in [-0.2, 0) is 0 Å². The van der Waals surface area contributed by atoms with Gasteiger partial charge in [0.1, 0.15) is 5.82 Å². The lowest BCUT2D eigenvalue weighted by atomic mass is 10.0. The Morgan fingerprint density at radius 1 is 1.33 bits per heavy atom. The number of carbonyl (C=O) groups is 1. The van der Waals surface area contributed by atoms with Crippen molar-refractivity contribution in [2.75, 3.05) is 0 Å². The molecule has 0 aliphatic rings. The molecule has 3 heterocycles. The van der Waals surface area contributed by atoms with Crippen LogP contribution in [0.15, 0.2) is 47.2 Å². The standard InChI is InChI=1S/C19H16FN5O2/c1-10(12-8-21-22-9-12)23-18(26)14-7-16(13-5-3-4-6-15(13)20)24-19-17(14)11(2)25-27-19/h3-10H,1-2H3,(H,21,22)(H,23,26). The molecule has 2 N–H and O–H groups in total. The smallest absolute Gasteiger partial charge is 0.259 e. The number of pyridine rings is 1. The Labute approximate surface area is 153 Å². The third kappa shape index (κ3) is 3.05. The van der Waals surface area contributed by atoms with Crippen molar-refractivity contribution >= 4 is 17.0 Å². The van der Waals surface area contributed by atoms with Crippen LogP contribution in [0.25, 0.3) is 22.4 Å². The van der Waals surface area contributed by atoms with Crippen molar-refractivity contribution in [2.45, 2.75) is 19.9 Å². The first-order valence-electron chi connectivity index (χ1n) is 8.36. The number of H-pyrrole nitrogens is 1. The molecule has 1 unspecified atom stereocenters. The lowest BCUT2D eigenvalue weighted by Crippen LogP contribution is -2.26. The number of rotatable bonds is 4. The van der Waals surface area contributed by atoms with E-state index in [2.05, 4.69) is 25.7 Å². The molecule has 0 aliphatic heterocycles. The predicted octanol–water partition coefficient (Wildman–Crippen LogP) is 3.55. The number of benzene rings is 1. The summed E-state index contributed by atoms with van der Waals surface area (Å²) in [5.74, 6) is -0.765. The van der Waals surface area contributed by atoms with Crippen molar-refractivity contribution in [3.8, 4) is 11.3 Å². The maximum absolute atomic E-state index is 14.2. The van der Waals surface area contributed by atoms with Gasteiger partial charge in [0.15, 0.2) is 0 Å². The molecule has 1 amide bonds. The summed E-state index contributed by atoms with van der Waals surface area (Å²) >= 11 is 0. The number of nitrogens with zero attached hydrogens (tertiary/aromatic N) is 3. The number of hydrogen-bond donors (Lipinski definition) is 2. The molecule has 1 atom stereocenters. The second-order valence-electron chi connectivity index (χ2n) is 6.21. The number of aryl methyl sites for hydroxylation is 1. The molecule has 0 saturated heterocycles. The molecule has 1 aromatic carbocycles. The molecule has 4 aromatic rings. The molecule has 4 rings (SSSR count). The van der Waals surface area contributed by atoms with E-state index in [1.807, 2.05) is 6.92 Å². The SMILES string of the molecule is Cc1noc2nc(-c3ccccc3F)cc(C(=O)NC(C)c3cn[nH]c3)c12. The second kappa shape index (κ2) is 6.64. The van der Waals surface area contributed by atoms with Crippen molar-refractivity contribution in [3.05, 3.63) is 65.4 Å². The third-order valence-corrected chi connectivity index (χ3v) is 4.38. The van der Waals surface area contributed by atoms with Crippen molar-refractivity contribution in [3.63, 3.8) is 0 Å². The summed E-state index contributed by atoms with van der Waals surface area (Å²) in [5, 5.41) is 13.9. The molecular formula is C19H16FN5O2. The van der Waals surface area contributed by atoms with E-state index in [1.54, 1.807) is 43.6 Å². The summed E-state index contributed by atoms with van der Waals surface area (Å²) in [4.78, 5) is 17.3. The number of nitrogens with one attached hydrogen (secondary N) is 2. The topological polar surface area (TPSA) is 96.7 Å². The van der Waals surface area contributed by atoms with Crippen LogP contribution in [0.2, 0.25) is 0 Å². The van der Waals surface area contributed by atoms with Crippen LogP contribution in [0.4, 0.5) is 4.39 Å². The molecule has 27 heavy (non-hydrogen) atoms. The number of aromatic nitrogens is 4. The van der Waals surface area contributed by atoms with Crippen LogP contribution in [0.1, 0.15) is 34.6 Å². The quantitative estimate of drug-likeness (QED) is 0.576. The van der Waals surface area contributed by atoms with Crippen molar-refractivity contribution in [1.29, 1.82) is 0 Å². The van der Waals surface area contributed by atoms with Gasteiger partial charge in [-0.3, -0.25) is 9.89 Å². The molecule has 0 spiro atoms. The molecule has 0 radical (unpaired) electrons. The molecule has 0 saturated carbocycles. The second-order valence-corrected chi connectivity index (χ2v) is 6.21. The number of carbonyl (C=O) groups excluding carboxylic acids is 1. The van der Waals surface area contributed by atoms with E-state index in [1.165, 1.54) is 6.07 Å². The largest absolute Gasteiger partial charge is 0.345 e. The maximum atomic E-state index is 14.2. The minimum atomic E-state index is -0.432. The fraction of sp³-hybridized carbons (Fsp3) is 0.158. The highest BCUT2D eigenvalue weighted by Crippen LogP contribution is 2.28. The third-order valence-electron chi connectivity index (χ3n) is 4.38. The summed E-state index contributed by atoms with van der Waals surface area (Å²) in [6.45, 7) is 3.58. The highest BCUT2D eigenvalue weighted by Gasteiger charge is 2.21. The van der Waals surface area contributed by atoms with E-state index >= 15 is 0 Å². The first-order chi connectivity index (χ1) is 13.0. The van der Waals surface area contributed by atoms with Crippen LogP contribution >= 0.6 is 0 Å². The van der Waals surface area contributed by atoms with E-state index in [-0.39, 0.29) is 23.2 Å². The van der Waals surface area contributed by atoms with Gasteiger partial charge in [-0.15, -0.1) is 0 Å². The predicted molar refractivity (Wildman–Crippen MR) is 96.4 cm³/mol. The zero-order valence-electron chi connectivity index (χ0n) is 14.7. The number of aromatic amines is 1. The molecular weight excluding hydrogens is 349 g/mol. The highest BCUT2D eigenvalue weighted by molar-refractivity contribution is 6.07. The zero-order valence-corrected chi connectivity index (χ0v) is 14.7. The Balaban J connectivity index is 1.80. The van der Waals surface area contributed by atoms with E-state index in [0.717, 1.165) is 5.56 Å². The maximum Gasteiger partial charge on any atom is 0.259 e. The molecule has 0 aliphatic carbocycles.